The number of alkyl halides is 3. The van der Waals surface area contributed by atoms with Gasteiger partial charge in [-0.25, -0.2) is 0 Å². The predicted octanol–water partition coefficient (Wildman–Crippen LogP) is 1.71. The molecule has 1 amide bonds. The third-order valence-electron chi connectivity index (χ3n) is 2.86. The number of aromatic amines is 1. The molecule has 0 unspecified atom stereocenters. The third-order valence-corrected chi connectivity index (χ3v) is 2.86. The average molecular weight is 272 g/mol. The number of halogens is 3. The highest BCUT2D eigenvalue weighted by Crippen LogP contribution is 2.30. The van der Waals surface area contributed by atoms with Gasteiger partial charge in [0, 0.05) is 24.7 Å². The number of aromatic nitrogens is 1. The summed E-state index contributed by atoms with van der Waals surface area (Å²) < 4.78 is 37.3. The Hall–Kier alpha value is -2.05. The Labute approximate surface area is 106 Å². The van der Waals surface area contributed by atoms with E-state index < -0.39 is 23.2 Å². The molecule has 2 rings (SSSR count). The van der Waals surface area contributed by atoms with E-state index in [1.165, 1.54) is 23.1 Å². The second kappa shape index (κ2) is 4.91. The van der Waals surface area contributed by atoms with Gasteiger partial charge in [0.15, 0.2) is 0 Å². The summed E-state index contributed by atoms with van der Waals surface area (Å²) >= 11 is 0. The number of pyridine rings is 1. The van der Waals surface area contributed by atoms with Crippen molar-refractivity contribution < 1.29 is 18.0 Å². The number of carbonyl (C=O) groups is 1. The van der Waals surface area contributed by atoms with E-state index in [1.54, 1.807) is 0 Å². The third kappa shape index (κ3) is 3.04. The molecule has 0 spiro atoms. The highest BCUT2D eigenvalue weighted by Gasteiger charge is 2.35. The Bertz CT molecular complexity index is 575. The van der Waals surface area contributed by atoms with E-state index in [-0.39, 0.29) is 25.2 Å². The molecule has 1 aliphatic heterocycles. The normalized spacial score (nSPS) is 16.2. The van der Waals surface area contributed by atoms with Crippen LogP contribution >= 0.6 is 0 Å². The van der Waals surface area contributed by atoms with Gasteiger partial charge in [0.05, 0.1) is 0 Å². The van der Waals surface area contributed by atoms with Crippen LogP contribution in [-0.4, -0.2) is 35.1 Å². The van der Waals surface area contributed by atoms with E-state index in [4.69, 9.17) is 0 Å². The Morgan fingerprint density at radius 1 is 1.32 bits per heavy atom. The van der Waals surface area contributed by atoms with Gasteiger partial charge in [-0.2, -0.15) is 13.2 Å². The van der Waals surface area contributed by atoms with Crippen LogP contribution in [0, 0.1) is 0 Å². The number of hydrogen-bond acceptors (Lipinski definition) is 2. The van der Waals surface area contributed by atoms with Gasteiger partial charge in [-0.05, 0) is 12.5 Å². The Morgan fingerprint density at radius 3 is 2.58 bits per heavy atom. The molecule has 1 aromatic rings. The molecule has 0 fully saturated rings. The SMILES string of the molecule is O=C(c1cccc(=O)[nH]1)N1CC=C(C(F)(F)F)CC1. The first-order valence-electron chi connectivity index (χ1n) is 5.63. The van der Waals surface area contributed by atoms with E-state index in [1.807, 2.05) is 0 Å². The molecule has 19 heavy (non-hydrogen) atoms. The Balaban J connectivity index is 2.12. The number of nitrogens with one attached hydrogen (secondary N) is 1. The van der Waals surface area contributed by atoms with Crippen molar-refractivity contribution in [2.24, 2.45) is 0 Å². The van der Waals surface area contributed by atoms with Crippen LogP contribution in [0.15, 0.2) is 34.6 Å². The maximum atomic E-state index is 12.4. The van der Waals surface area contributed by atoms with E-state index in [0.717, 1.165) is 6.08 Å². The van der Waals surface area contributed by atoms with Crippen molar-refractivity contribution in [2.45, 2.75) is 12.6 Å². The van der Waals surface area contributed by atoms with Gasteiger partial charge >= 0.3 is 6.18 Å². The molecule has 7 heteroatoms. The van der Waals surface area contributed by atoms with Crippen molar-refractivity contribution in [3.8, 4) is 0 Å². The second-order valence-electron chi connectivity index (χ2n) is 4.16. The van der Waals surface area contributed by atoms with Crippen LogP contribution in [0.3, 0.4) is 0 Å². The average Bonchev–Trinajstić information content (AvgIpc) is 2.37. The molecule has 1 aromatic heterocycles. The summed E-state index contributed by atoms with van der Waals surface area (Å²) in [5, 5.41) is 0. The predicted molar refractivity (Wildman–Crippen MR) is 61.7 cm³/mol. The van der Waals surface area contributed by atoms with Gasteiger partial charge in [-0.3, -0.25) is 9.59 Å². The fourth-order valence-corrected chi connectivity index (χ4v) is 1.85. The second-order valence-corrected chi connectivity index (χ2v) is 4.16. The molecule has 2 heterocycles. The van der Waals surface area contributed by atoms with Crippen LogP contribution in [0.2, 0.25) is 0 Å². The van der Waals surface area contributed by atoms with Gasteiger partial charge in [-0.1, -0.05) is 12.1 Å². The summed E-state index contributed by atoms with van der Waals surface area (Å²) in [6.07, 6.45) is -3.56. The zero-order chi connectivity index (χ0) is 14.0. The molecule has 0 radical (unpaired) electrons. The van der Waals surface area contributed by atoms with Gasteiger partial charge in [-0.15, -0.1) is 0 Å². The van der Waals surface area contributed by atoms with E-state index in [9.17, 15) is 22.8 Å². The molecule has 0 aliphatic carbocycles. The first-order valence-corrected chi connectivity index (χ1v) is 5.63. The molecular weight excluding hydrogens is 261 g/mol. The Morgan fingerprint density at radius 2 is 2.05 bits per heavy atom. The number of nitrogens with zero attached hydrogens (tertiary/aromatic N) is 1. The standard InChI is InChI=1S/C12H11F3N2O2/c13-12(14,15)8-4-6-17(7-5-8)11(19)9-2-1-3-10(18)16-9/h1-4H,5-7H2,(H,16,18). The van der Waals surface area contributed by atoms with Gasteiger partial charge in [0.2, 0.25) is 5.56 Å². The highest BCUT2D eigenvalue weighted by molar-refractivity contribution is 5.92. The van der Waals surface area contributed by atoms with Crippen LogP contribution in [0.1, 0.15) is 16.9 Å². The molecular formula is C12H11F3N2O2. The van der Waals surface area contributed by atoms with E-state index >= 15 is 0 Å². The lowest BCUT2D eigenvalue weighted by atomic mass is 10.1. The quantitative estimate of drug-likeness (QED) is 0.791. The van der Waals surface area contributed by atoms with Crippen LogP contribution in [-0.2, 0) is 0 Å². The molecule has 0 atom stereocenters. The molecule has 1 aliphatic rings. The monoisotopic (exact) mass is 272 g/mol. The Kier molecular flexibility index (Phi) is 3.46. The maximum absolute atomic E-state index is 12.4. The minimum atomic E-state index is -4.34. The van der Waals surface area contributed by atoms with Crippen LogP contribution in [0.5, 0.6) is 0 Å². The maximum Gasteiger partial charge on any atom is 0.412 e. The largest absolute Gasteiger partial charge is 0.412 e. The molecule has 1 N–H and O–H groups in total. The fraction of sp³-hybridized carbons (Fsp3) is 0.333. The molecule has 0 aromatic carbocycles. The summed E-state index contributed by atoms with van der Waals surface area (Å²) in [6, 6.07) is 4.11. The smallest absolute Gasteiger partial charge is 0.333 e. The first-order chi connectivity index (χ1) is 8.88. The highest BCUT2D eigenvalue weighted by atomic mass is 19.4. The number of H-pyrrole nitrogens is 1. The van der Waals surface area contributed by atoms with Crippen molar-refractivity contribution >= 4 is 5.91 Å². The van der Waals surface area contributed by atoms with Crippen molar-refractivity contribution in [2.75, 3.05) is 13.1 Å². The zero-order valence-corrected chi connectivity index (χ0v) is 9.83. The molecule has 0 saturated heterocycles. The molecule has 0 saturated carbocycles. The van der Waals surface area contributed by atoms with Crippen molar-refractivity contribution in [3.05, 3.63) is 45.9 Å². The van der Waals surface area contributed by atoms with Gasteiger partial charge < -0.3 is 9.88 Å². The first kappa shape index (κ1) is 13.4. The number of amides is 1. The van der Waals surface area contributed by atoms with E-state index in [0.29, 0.717) is 0 Å². The lowest BCUT2D eigenvalue weighted by Gasteiger charge is -2.27. The molecule has 0 bridgehead atoms. The molecule has 102 valence electrons. The summed E-state index contributed by atoms with van der Waals surface area (Å²) in [5.41, 5.74) is -0.955. The summed E-state index contributed by atoms with van der Waals surface area (Å²) in [7, 11) is 0. The number of hydrogen-bond donors (Lipinski definition) is 1. The summed E-state index contributed by atoms with van der Waals surface area (Å²) in [4.78, 5) is 26.6. The topological polar surface area (TPSA) is 53.2 Å². The van der Waals surface area contributed by atoms with Crippen LogP contribution in [0.4, 0.5) is 13.2 Å². The lowest BCUT2D eigenvalue weighted by molar-refractivity contribution is -0.0957. The minimum absolute atomic E-state index is 0.0128. The van der Waals surface area contributed by atoms with Gasteiger partial charge in [0.25, 0.3) is 5.91 Å². The summed E-state index contributed by atoms with van der Waals surface area (Å²) in [6.45, 7) is -0.119. The minimum Gasteiger partial charge on any atom is -0.333 e. The summed E-state index contributed by atoms with van der Waals surface area (Å²) in [5.74, 6) is -0.477. The number of carbonyl (C=O) groups excluding carboxylic acids is 1. The fourth-order valence-electron chi connectivity index (χ4n) is 1.85. The number of rotatable bonds is 1. The van der Waals surface area contributed by atoms with Gasteiger partial charge in [0.1, 0.15) is 5.69 Å². The van der Waals surface area contributed by atoms with Crippen molar-refractivity contribution in [1.29, 1.82) is 0 Å². The van der Waals surface area contributed by atoms with E-state index in [2.05, 4.69) is 4.98 Å². The molecule has 4 nitrogen and oxygen atoms in total. The van der Waals surface area contributed by atoms with Crippen LogP contribution in [0.25, 0.3) is 0 Å². The van der Waals surface area contributed by atoms with Crippen molar-refractivity contribution in [1.82, 2.24) is 9.88 Å². The van der Waals surface area contributed by atoms with Crippen LogP contribution < -0.4 is 5.56 Å². The zero-order valence-electron chi connectivity index (χ0n) is 9.83. The lowest BCUT2D eigenvalue weighted by Crippen LogP contribution is -2.37. The van der Waals surface area contributed by atoms with Crippen molar-refractivity contribution in [3.63, 3.8) is 0 Å².